The lowest BCUT2D eigenvalue weighted by atomic mass is 10.1. The Kier molecular flexibility index (Phi) is 11.3. The number of guanidine groups is 1. The van der Waals surface area contributed by atoms with Crippen LogP contribution in [0.5, 0.6) is 5.75 Å². The summed E-state index contributed by atoms with van der Waals surface area (Å²) >= 11 is 0. The molecule has 1 atom stereocenters. The molecule has 0 aliphatic heterocycles. The Morgan fingerprint density at radius 1 is 1.20 bits per heavy atom. The van der Waals surface area contributed by atoms with Crippen LogP contribution in [0.25, 0.3) is 0 Å². The molecule has 30 heavy (non-hydrogen) atoms. The molecule has 0 radical (unpaired) electrons. The Bertz CT molecular complexity index is 791. The highest BCUT2D eigenvalue weighted by Gasteiger charge is 2.10. The monoisotopic (exact) mass is 535 g/mol. The van der Waals surface area contributed by atoms with Crippen LogP contribution in [-0.2, 0) is 6.54 Å². The first-order valence-corrected chi connectivity index (χ1v) is 9.26. The lowest BCUT2D eigenvalue weighted by molar-refractivity contribution is -0.0498. The van der Waals surface area contributed by atoms with Crippen molar-refractivity contribution >= 4 is 35.8 Å². The molecule has 0 aliphatic rings. The first-order valence-electron chi connectivity index (χ1n) is 9.26. The fraction of sp³-hybridized carbons (Fsp3) is 0.400. The second-order valence-electron chi connectivity index (χ2n) is 6.46. The van der Waals surface area contributed by atoms with E-state index in [0.717, 1.165) is 11.4 Å². The maximum atomic E-state index is 12.2. The standard InChI is InChI=1S/C20H27F2N5O2.HI/c1-4-23-20(25-12-14-9-10-24-18(11-14)27(2)3)26-13-17(28)15-5-7-16(8-6-15)29-19(21)22;/h5-11,17,19,28H,4,12-13H2,1-3H3,(H2,23,25,26);1H. The molecule has 1 unspecified atom stereocenters. The first kappa shape index (κ1) is 25.8. The number of anilines is 1. The molecule has 0 bridgehead atoms. The van der Waals surface area contributed by atoms with E-state index in [4.69, 9.17) is 0 Å². The van der Waals surface area contributed by atoms with E-state index in [0.29, 0.717) is 24.6 Å². The fourth-order valence-electron chi connectivity index (χ4n) is 2.50. The summed E-state index contributed by atoms with van der Waals surface area (Å²) in [5, 5.41) is 16.6. The average Bonchev–Trinajstić information content (AvgIpc) is 2.70. The van der Waals surface area contributed by atoms with Crippen molar-refractivity contribution in [2.45, 2.75) is 26.2 Å². The van der Waals surface area contributed by atoms with E-state index in [1.807, 2.05) is 38.1 Å². The fourth-order valence-corrected chi connectivity index (χ4v) is 2.50. The summed E-state index contributed by atoms with van der Waals surface area (Å²) in [5.41, 5.74) is 1.59. The molecule has 7 nitrogen and oxygen atoms in total. The average molecular weight is 535 g/mol. The van der Waals surface area contributed by atoms with E-state index >= 15 is 0 Å². The van der Waals surface area contributed by atoms with Crippen molar-refractivity contribution in [3.05, 3.63) is 53.7 Å². The lowest BCUT2D eigenvalue weighted by Crippen LogP contribution is -2.39. The number of halogens is 3. The third kappa shape index (κ3) is 8.66. The molecular weight excluding hydrogens is 507 g/mol. The third-order valence-corrected chi connectivity index (χ3v) is 3.98. The second-order valence-corrected chi connectivity index (χ2v) is 6.46. The third-order valence-electron chi connectivity index (χ3n) is 3.98. The van der Waals surface area contributed by atoms with E-state index in [9.17, 15) is 13.9 Å². The van der Waals surface area contributed by atoms with Crippen LogP contribution in [0.2, 0.25) is 0 Å². The maximum Gasteiger partial charge on any atom is 0.387 e. The van der Waals surface area contributed by atoms with Gasteiger partial charge in [0.05, 0.1) is 12.6 Å². The van der Waals surface area contributed by atoms with Crippen LogP contribution >= 0.6 is 24.0 Å². The van der Waals surface area contributed by atoms with Crippen LogP contribution in [0.3, 0.4) is 0 Å². The van der Waals surface area contributed by atoms with Crippen molar-refractivity contribution in [1.29, 1.82) is 0 Å². The van der Waals surface area contributed by atoms with Crippen LogP contribution in [0.4, 0.5) is 14.6 Å². The highest BCUT2D eigenvalue weighted by molar-refractivity contribution is 14.0. The Morgan fingerprint density at radius 2 is 1.90 bits per heavy atom. The zero-order valence-corrected chi connectivity index (χ0v) is 19.5. The zero-order valence-electron chi connectivity index (χ0n) is 17.2. The SMILES string of the molecule is CCNC(=NCc1ccnc(N(C)C)c1)NCC(O)c1ccc(OC(F)F)cc1.I. The van der Waals surface area contributed by atoms with Gasteiger partial charge in [-0.05, 0) is 42.3 Å². The summed E-state index contributed by atoms with van der Waals surface area (Å²) in [6.45, 7) is 0.405. The van der Waals surface area contributed by atoms with Gasteiger partial charge >= 0.3 is 6.61 Å². The van der Waals surface area contributed by atoms with Gasteiger partial charge in [-0.15, -0.1) is 24.0 Å². The minimum absolute atomic E-state index is 0. The number of alkyl halides is 2. The van der Waals surface area contributed by atoms with Crippen LogP contribution in [0, 0.1) is 0 Å². The second kappa shape index (κ2) is 13.2. The Morgan fingerprint density at radius 3 is 2.50 bits per heavy atom. The molecule has 3 N–H and O–H groups in total. The number of hydrogen-bond donors (Lipinski definition) is 3. The number of pyridine rings is 1. The van der Waals surface area contributed by atoms with Crippen LogP contribution < -0.4 is 20.3 Å². The number of aliphatic imine (C=N–C) groups is 1. The molecular formula is C20H28F2IN5O2. The molecule has 2 aromatic rings. The smallest absolute Gasteiger partial charge is 0.387 e. The summed E-state index contributed by atoms with van der Waals surface area (Å²) in [6.07, 6.45) is 0.909. The van der Waals surface area contributed by atoms with Gasteiger partial charge < -0.3 is 25.4 Å². The van der Waals surface area contributed by atoms with Gasteiger partial charge in [-0.1, -0.05) is 12.1 Å². The molecule has 1 aromatic heterocycles. The molecule has 2 rings (SSSR count). The summed E-state index contributed by atoms with van der Waals surface area (Å²) in [6, 6.07) is 9.76. The number of aliphatic hydroxyl groups is 1. The van der Waals surface area contributed by atoms with E-state index in [-0.39, 0.29) is 36.3 Å². The molecule has 0 aliphatic carbocycles. The number of rotatable bonds is 9. The predicted octanol–water partition coefficient (Wildman–Crippen LogP) is 3.16. The maximum absolute atomic E-state index is 12.2. The number of benzene rings is 1. The number of ether oxygens (including phenoxy) is 1. The number of nitrogens with one attached hydrogen (secondary N) is 2. The zero-order chi connectivity index (χ0) is 21.2. The summed E-state index contributed by atoms with van der Waals surface area (Å²) in [4.78, 5) is 10.7. The van der Waals surface area contributed by atoms with E-state index in [1.165, 1.54) is 12.1 Å². The quantitative estimate of drug-likeness (QED) is 0.260. The predicted molar refractivity (Wildman–Crippen MR) is 125 cm³/mol. The van der Waals surface area contributed by atoms with Crippen LogP contribution in [0.1, 0.15) is 24.2 Å². The first-order chi connectivity index (χ1) is 13.9. The Labute approximate surface area is 192 Å². The van der Waals surface area contributed by atoms with Gasteiger partial charge in [0.15, 0.2) is 5.96 Å². The summed E-state index contributed by atoms with van der Waals surface area (Å²) in [7, 11) is 3.85. The molecule has 10 heteroatoms. The number of nitrogens with zero attached hydrogens (tertiary/aromatic N) is 3. The van der Waals surface area contributed by atoms with Gasteiger partial charge in [0.25, 0.3) is 0 Å². The molecule has 1 aromatic carbocycles. The highest BCUT2D eigenvalue weighted by Crippen LogP contribution is 2.19. The van der Waals surface area contributed by atoms with Crippen molar-refractivity contribution in [2.75, 3.05) is 32.1 Å². The van der Waals surface area contributed by atoms with E-state index in [1.54, 1.807) is 18.3 Å². The number of aliphatic hydroxyl groups excluding tert-OH is 1. The molecule has 166 valence electrons. The molecule has 1 heterocycles. The van der Waals surface area contributed by atoms with E-state index < -0.39 is 12.7 Å². The number of hydrogen-bond acceptors (Lipinski definition) is 5. The van der Waals surface area contributed by atoms with Gasteiger partial charge in [-0.3, -0.25) is 0 Å². The van der Waals surface area contributed by atoms with Gasteiger partial charge in [0.2, 0.25) is 0 Å². The van der Waals surface area contributed by atoms with Gasteiger partial charge in [0.1, 0.15) is 11.6 Å². The Balaban J connectivity index is 0.00000450. The number of aromatic nitrogens is 1. The van der Waals surface area contributed by atoms with Gasteiger partial charge in [0, 0.05) is 33.4 Å². The van der Waals surface area contributed by atoms with Crippen LogP contribution in [-0.4, -0.2) is 49.8 Å². The normalized spacial score (nSPS) is 12.2. The summed E-state index contributed by atoms with van der Waals surface area (Å²) in [5.74, 6) is 1.46. The van der Waals surface area contributed by atoms with Crippen molar-refractivity contribution in [3.63, 3.8) is 0 Å². The lowest BCUT2D eigenvalue weighted by Gasteiger charge is -2.16. The molecule has 0 amide bonds. The van der Waals surface area contributed by atoms with Crippen molar-refractivity contribution in [3.8, 4) is 5.75 Å². The van der Waals surface area contributed by atoms with Gasteiger partial charge in [-0.25, -0.2) is 9.98 Å². The Hall–Kier alpha value is -2.21. The van der Waals surface area contributed by atoms with Crippen LogP contribution in [0.15, 0.2) is 47.6 Å². The van der Waals surface area contributed by atoms with Gasteiger partial charge in [-0.2, -0.15) is 8.78 Å². The van der Waals surface area contributed by atoms with Crippen molar-refractivity contribution in [1.82, 2.24) is 15.6 Å². The minimum atomic E-state index is -2.87. The molecule has 0 fully saturated rings. The highest BCUT2D eigenvalue weighted by atomic mass is 127. The molecule has 0 saturated carbocycles. The van der Waals surface area contributed by atoms with Crippen molar-refractivity contribution < 1.29 is 18.6 Å². The summed E-state index contributed by atoms with van der Waals surface area (Å²) < 4.78 is 28.7. The van der Waals surface area contributed by atoms with E-state index in [2.05, 4.69) is 25.3 Å². The topological polar surface area (TPSA) is 82.0 Å². The molecule has 0 saturated heterocycles. The molecule has 0 spiro atoms. The minimum Gasteiger partial charge on any atom is -0.435 e. The van der Waals surface area contributed by atoms with Crippen molar-refractivity contribution in [2.24, 2.45) is 4.99 Å². The largest absolute Gasteiger partial charge is 0.435 e.